The van der Waals surface area contributed by atoms with Gasteiger partial charge in [-0.2, -0.15) is 0 Å². The van der Waals surface area contributed by atoms with Crippen LogP contribution in [0.15, 0.2) is 267 Å². The molecular weight excluding hydrogens is 917 g/mol. The summed E-state index contributed by atoms with van der Waals surface area (Å²) in [4.78, 5) is 16.7. The molecule has 0 aliphatic rings. The second kappa shape index (κ2) is 18.2. The Balaban J connectivity index is 1.05. The molecule has 3 aromatic heterocycles. The molecule has 14 rings (SSSR count). The lowest BCUT2D eigenvalue weighted by Gasteiger charge is -2.14. The van der Waals surface area contributed by atoms with E-state index in [0.717, 1.165) is 94.3 Å². The molecule has 0 saturated carbocycles. The van der Waals surface area contributed by atoms with Gasteiger partial charge in [-0.15, -0.1) is 11.3 Å². The fourth-order valence-corrected chi connectivity index (χ4v) is 11.7. The van der Waals surface area contributed by atoms with Crippen LogP contribution in [-0.4, -0.2) is 19.5 Å². The van der Waals surface area contributed by atoms with Gasteiger partial charge in [0.15, 0.2) is 17.5 Å². The average Bonchev–Trinajstić information content (AvgIpc) is 4.03. The summed E-state index contributed by atoms with van der Waals surface area (Å²) < 4.78 is 4.96. The Morgan fingerprint density at radius 1 is 0.257 bits per heavy atom. The quantitative estimate of drug-likeness (QED) is 0.145. The second-order valence-electron chi connectivity index (χ2n) is 18.8. The topological polar surface area (TPSA) is 43.6 Å². The Labute approximate surface area is 432 Å². The molecular formula is C69H44N4S. The zero-order valence-electron chi connectivity index (χ0n) is 40.1. The second-order valence-corrected chi connectivity index (χ2v) is 19.9. The minimum atomic E-state index is 0.590. The van der Waals surface area contributed by atoms with E-state index < -0.39 is 0 Å². The smallest absolute Gasteiger partial charge is 0.164 e. The minimum Gasteiger partial charge on any atom is -0.309 e. The largest absolute Gasteiger partial charge is 0.309 e. The molecule has 5 heteroatoms. The predicted molar refractivity (Wildman–Crippen MR) is 311 cm³/mol. The highest BCUT2D eigenvalue weighted by molar-refractivity contribution is 7.25. The van der Waals surface area contributed by atoms with E-state index in [-0.39, 0.29) is 0 Å². The van der Waals surface area contributed by atoms with Crippen LogP contribution in [0.2, 0.25) is 0 Å². The van der Waals surface area contributed by atoms with E-state index in [9.17, 15) is 0 Å². The molecule has 11 aromatic carbocycles. The van der Waals surface area contributed by atoms with E-state index in [1.165, 1.54) is 25.7 Å². The summed E-state index contributed by atoms with van der Waals surface area (Å²) in [5, 5.41) is 4.75. The van der Waals surface area contributed by atoms with Crippen molar-refractivity contribution in [2.24, 2.45) is 0 Å². The maximum Gasteiger partial charge on any atom is 0.164 e. The fourth-order valence-electron chi connectivity index (χ4n) is 10.7. The summed E-state index contributed by atoms with van der Waals surface area (Å²) in [5.41, 5.74) is 17.1. The first-order valence-electron chi connectivity index (χ1n) is 25.0. The molecule has 0 spiro atoms. The van der Waals surface area contributed by atoms with E-state index in [1.54, 1.807) is 0 Å². The third-order valence-corrected chi connectivity index (χ3v) is 15.4. The maximum atomic E-state index is 5.58. The SMILES string of the molecule is c1ccc(-c2cc(-c3ccccc3)cc(-c3nc(-c4cc(-c5ccccc5)cc(-c5ccccc5)c4)nc(-c4cccc5c4c4cc(-c6ccc7sc8ccccc8c7c6)ccc4n5-c4ccccc4)n3)c2)cc1. The molecule has 4 nitrogen and oxygen atoms in total. The molecule has 0 saturated heterocycles. The highest BCUT2D eigenvalue weighted by Gasteiger charge is 2.22. The van der Waals surface area contributed by atoms with Gasteiger partial charge >= 0.3 is 0 Å². The molecule has 0 N–H and O–H groups in total. The van der Waals surface area contributed by atoms with Crippen LogP contribution in [0.1, 0.15) is 0 Å². The van der Waals surface area contributed by atoms with E-state index in [2.05, 4.69) is 271 Å². The number of benzene rings is 11. The van der Waals surface area contributed by atoms with Crippen LogP contribution >= 0.6 is 11.3 Å². The lowest BCUT2D eigenvalue weighted by Crippen LogP contribution is -2.01. The fraction of sp³-hybridized carbons (Fsp3) is 0. The number of thiophene rings is 1. The number of aromatic nitrogens is 4. The Hall–Kier alpha value is -9.55. The molecule has 0 aliphatic heterocycles. The molecule has 346 valence electrons. The zero-order valence-corrected chi connectivity index (χ0v) is 40.9. The van der Waals surface area contributed by atoms with Crippen molar-refractivity contribution in [3.63, 3.8) is 0 Å². The lowest BCUT2D eigenvalue weighted by atomic mass is 9.95. The normalized spacial score (nSPS) is 11.5. The standard InChI is InChI=1S/C69H44N4S/c1-6-19-45(20-7-1)51-37-52(46-21-8-2-9-22-46)40-55(39-51)67-70-68(56-41-53(47-23-10-3-11-24-47)38-54(42-56)48-25-12-4-13-26-48)72-69(71-67)59-30-18-31-63-66(59)61-44-49(33-35-62(61)73(63)57-27-14-5-15-28-57)50-34-36-65-60(43-50)58-29-16-17-32-64(58)74-65/h1-44H. The van der Waals surface area contributed by atoms with Gasteiger partial charge < -0.3 is 4.57 Å². The van der Waals surface area contributed by atoms with Gasteiger partial charge in [0, 0.05) is 53.3 Å². The van der Waals surface area contributed by atoms with E-state index >= 15 is 0 Å². The molecule has 0 radical (unpaired) electrons. The van der Waals surface area contributed by atoms with Gasteiger partial charge in [-0.25, -0.2) is 15.0 Å². The van der Waals surface area contributed by atoms with Crippen molar-refractivity contribution in [1.82, 2.24) is 19.5 Å². The monoisotopic (exact) mass is 960 g/mol. The molecule has 0 fully saturated rings. The molecule has 14 aromatic rings. The molecule has 0 amide bonds. The summed E-state index contributed by atoms with van der Waals surface area (Å²) in [6.45, 7) is 0. The molecule has 0 unspecified atom stereocenters. The first-order valence-corrected chi connectivity index (χ1v) is 25.8. The van der Waals surface area contributed by atoms with Gasteiger partial charge in [0.1, 0.15) is 0 Å². The van der Waals surface area contributed by atoms with Crippen molar-refractivity contribution in [2.75, 3.05) is 0 Å². The van der Waals surface area contributed by atoms with Gasteiger partial charge in [-0.1, -0.05) is 182 Å². The van der Waals surface area contributed by atoms with Crippen molar-refractivity contribution in [2.45, 2.75) is 0 Å². The highest BCUT2D eigenvalue weighted by atomic mass is 32.1. The van der Waals surface area contributed by atoms with Crippen molar-refractivity contribution < 1.29 is 0 Å². The highest BCUT2D eigenvalue weighted by Crippen LogP contribution is 2.43. The van der Waals surface area contributed by atoms with Gasteiger partial charge in [0.2, 0.25) is 0 Å². The number of fused-ring (bicyclic) bond motifs is 6. The van der Waals surface area contributed by atoms with Gasteiger partial charge in [0.05, 0.1) is 11.0 Å². The summed E-state index contributed by atoms with van der Waals surface area (Å²) in [6.07, 6.45) is 0. The minimum absolute atomic E-state index is 0.590. The maximum absolute atomic E-state index is 5.58. The Bertz CT molecular complexity index is 4130. The predicted octanol–water partition coefficient (Wildman–Crippen LogP) is 18.7. The van der Waals surface area contributed by atoms with Crippen LogP contribution in [0.5, 0.6) is 0 Å². The summed E-state index contributed by atoms with van der Waals surface area (Å²) in [5.74, 6) is 1.77. The third kappa shape index (κ3) is 7.84. The van der Waals surface area contributed by atoms with Gasteiger partial charge in [-0.05, 0) is 141 Å². The van der Waals surface area contributed by atoms with Crippen molar-refractivity contribution >= 4 is 53.3 Å². The van der Waals surface area contributed by atoms with Crippen LogP contribution < -0.4 is 0 Å². The van der Waals surface area contributed by atoms with E-state index in [1.807, 2.05) is 11.3 Å². The summed E-state index contributed by atoms with van der Waals surface area (Å²) >= 11 is 1.85. The van der Waals surface area contributed by atoms with Crippen molar-refractivity contribution in [1.29, 1.82) is 0 Å². The number of hydrogen-bond donors (Lipinski definition) is 0. The number of para-hydroxylation sites is 1. The average molecular weight is 961 g/mol. The Morgan fingerprint density at radius 2 is 0.689 bits per heavy atom. The zero-order chi connectivity index (χ0) is 49.0. The molecule has 0 bridgehead atoms. The van der Waals surface area contributed by atoms with Crippen molar-refractivity contribution in [3.8, 4) is 95.5 Å². The van der Waals surface area contributed by atoms with Crippen LogP contribution in [0.25, 0.3) is 137 Å². The lowest BCUT2D eigenvalue weighted by molar-refractivity contribution is 1.08. The van der Waals surface area contributed by atoms with Crippen LogP contribution in [-0.2, 0) is 0 Å². The van der Waals surface area contributed by atoms with Gasteiger partial charge in [-0.3, -0.25) is 0 Å². The van der Waals surface area contributed by atoms with E-state index in [4.69, 9.17) is 15.0 Å². The number of nitrogens with zero attached hydrogens (tertiary/aromatic N) is 4. The van der Waals surface area contributed by atoms with Gasteiger partial charge in [0.25, 0.3) is 0 Å². The summed E-state index contributed by atoms with van der Waals surface area (Å²) in [7, 11) is 0. The Morgan fingerprint density at radius 3 is 1.23 bits per heavy atom. The summed E-state index contributed by atoms with van der Waals surface area (Å²) in [6, 6.07) is 95.4. The number of hydrogen-bond acceptors (Lipinski definition) is 4. The van der Waals surface area contributed by atoms with Crippen LogP contribution in [0.3, 0.4) is 0 Å². The molecule has 0 atom stereocenters. The first-order chi connectivity index (χ1) is 36.6. The van der Waals surface area contributed by atoms with E-state index in [0.29, 0.717) is 17.5 Å². The Kier molecular flexibility index (Phi) is 10.7. The third-order valence-electron chi connectivity index (χ3n) is 14.2. The first kappa shape index (κ1) is 43.3. The molecule has 3 heterocycles. The molecule has 74 heavy (non-hydrogen) atoms. The van der Waals surface area contributed by atoms with Crippen LogP contribution in [0.4, 0.5) is 0 Å². The van der Waals surface area contributed by atoms with Crippen molar-refractivity contribution in [3.05, 3.63) is 267 Å². The number of rotatable bonds is 9. The van der Waals surface area contributed by atoms with Crippen LogP contribution in [0, 0.1) is 0 Å². The molecule has 0 aliphatic carbocycles.